The van der Waals surface area contributed by atoms with Gasteiger partial charge in [-0.1, -0.05) is 0 Å². The summed E-state index contributed by atoms with van der Waals surface area (Å²) in [6.07, 6.45) is 0. The van der Waals surface area contributed by atoms with Gasteiger partial charge in [0.15, 0.2) is 0 Å². The van der Waals surface area contributed by atoms with Crippen LogP contribution in [0.5, 0.6) is 0 Å². The summed E-state index contributed by atoms with van der Waals surface area (Å²) in [5.74, 6) is 0. The standard InChI is InChI=1S/C13H14N4O3/c1-13(2,14)10-7-11(15-16-12(10)18)8-3-5-9(6-4-8)17(19)20/h3-7H,14H2,1-2H3,(H,16,18). The van der Waals surface area contributed by atoms with Crippen LogP contribution in [-0.4, -0.2) is 15.1 Å². The number of nitrogens with two attached hydrogens (primary N) is 1. The number of nitro benzene ring substituents is 1. The van der Waals surface area contributed by atoms with E-state index in [0.29, 0.717) is 16.8 Å². The molecule has 0 amide bonds. The molecule has 7 heteroatoms. The highest BCUT2D eigenvalue weighted by molar-refractivity contribution is 5.61. The molecule has 1 aromatic heterocycles. The number of nitrogens with one attached hydrogen (secondary N) is 1. The Kier molecular flexibility index (Phi) is 3.37. The lowest BCUT2D eigenvalue weighted by atomic mass is 9.96. The van der Waals surface area contributed by atoms with E-state index in [-0.39, 0.29) is 11.2 Å². The van der Waals surface area contributed by atoms with Gasteiger partial charge >= 0.3 is 0 Å². The lowest BCUT2D eigenvalue weighted by Gasteiger charge is -2.18. The summed E-state index contributed by atoms with van der Waals surface area (Å²) >= 11 is 0. The van der Waals surface area contributed by atoms with E-state index < -0.39 is 10.5 Å². The van der Waals surface area contributed by atoms with Crippen LogP contribution in [0.2, 0.25) is 0 Å². The van der Waals surface area contributed by atoms with Crippen molar-refractivity contribution >= 4 is 5.69 Å². The molecule has 3 N–H and O–H groups in total. The van der Waals surface area contributed by atoms with Gasteiger partial charge in [0, 0.05) is 28.8 Å². The first-order chi connectivity index (χ1) is 9.29. The van der Waals surface area contributed by atoms with Gasteiger partial charge in [-0.2, -0.15) is 5.10 Å². The van der Waals surface area contributed by atoms with E-state index in [1.807, 2.05) is 0 Å². The fourth-order valence-corrected chi connectivity index (χ4v) is 1.79. The van der Waals surface area contributed by atoms with Crippen LogP contribution in [0.3, 0.4) is 0 Å². The molecule has 0 aliphatic carbocycles. The molecule has 0 spiro atoms. The van der Waals surface area contributed by atoms with E-state index in [0.717, 1.165) is 0 Å². The summed E-state index contributed by atoms with van der Waals surface area (Å²) in [6.45, 7) is 3.44. The third kappa shape index (κ3) is 2.72. The molecule has 20 heavy (non-hydrogen) atoms. The van der Waals surface area contributed by atoms with Gasteiger partial charge < -0.3 is 5.73 Å². The minimum absolute atomic E-state index is 0.00227. The molecule has 1 aromatic carbocycles. The first-order valence-corrected chi connectivity index (χ1v) is 5.93. The molecule has 0 bridgehead atoms. The van der Waals surface area contributed by atoms with E-state index in [1.54, 1.807) is 32.0 Å². The first-order valence-electron chi connectivity index (χ1n) is 5.93. The monoisotopic (exact) mass is 274 g/mol. The summed E-state index contributed by atoms with van der Waals surface area (Å²) in [6, 6.07) is 7.52. The lowest BCUT2D eigenvalue weighted by molar-refractivity contribution is -0.384. The second-order valence-corrected chi connectivity index (χ2v) is 5.02. The van der Waals surface area contributed by atoms with E-state index in [9.17, 15) is 14.9 Å². The van der Waals surface area contributed by atoms with Gasteiger partial charge in [0.05, 0.1) is 10.6 Å². The quantitative estimate of drug-likeness (QED) is 0.650. The van der Waals surface area contributed by atoms with Crippen LogP contribution in [0, 0.1) is 10.1 Å². The second kappa shape index (κ2) is 4.86. The summed E-state index contributed by atoms with van der Waals surface area (Å²) < 4.78 is 0. The number of nitro groups is 1. The predicted octanol–water partition coefficient (Wildman–Crippen LogP) is 1.54. The Morgan fingerprint density at radius 2 is 1.90 bits per heavy atom. The van der Waals surface area contributed by atoms with E-state index >= 15 is 0 Å². The van der Waals surface area contributed by atoms with Gasteiger partial charge in [-0.3, -0.25) is 14.9 Å². The number of aromatic nitrogens is 2. The topological polar surface area (TPSA) is 115 Å². The van der Waals surface area contributed by atoms with Crippen LogP contribution in [-0.2, 0) is 5.54 Å². The minimum Gasteiger partial charge on any atom is -0.322 e. The fraction of sp³-hybridized carbons (Fsp3) is 0.231. The average Bonchev–Trinajstić information content (AvgIpc) is 2.38. The van der Waals surface area contributed by atoms with Gasteiger partial charge in [-0.25, -0.2) is 5.10 Å². The molecule has 7 nitrogen and oxygen atoms in total. The zero-order valence-corrected chi connectivity index (χ0v) is 11.1. The lowest BCUT2D eigenvalue weighted by Crippen LogP contribution is -2.35. The normalized spacial score (nSPS) is 11.3. The molecule has 0 unspecified atom stereocenters. The van der Waals surface area contributed by atoms with E-state index in [2.05, 4.69) is 10.2 Å². The molecule has 0 aliphatic rings. The maximum Gasteiger partial charge on any atom is 0.269 e. The molecule has 2 aromatic rings. The van der Waals surface area contributed by atoms with Gasteiger partial charge in [-0.15, -0.1) is 0 Å². The molecule has 0 saturated carbocycles. The number of hydrogen-bond donors (Lipinski definition) is 2. The van der Waals surface area contributed by atoms with Gasteiger partial charge in [0.2, 0.25) is 0 Å². The Bertz CT molecular complexity index is 699. The predicted molar refractivity (Wildman–Crippen MR) is 74.2 cm³/mol. The first kappa shape index (κ1) is 13.9. The number of aromatic amines is 1. The van der Waals surface area contributed by atoms with Crippen LogP contribution in [0.25, 0.3) is 11.3 Å². The van der Waals surface area contributed by atoms with Crippen molar-refractivity contribution in [2.45, 2.75) is 19.4 Å². The van der Waals surface area contributed by atoms with Crippen molar-refractivity contribution in [2.24, 2.45) is 5.73 Å². The van der Waals surface area contributed by atoms with Crippen LogP contribution >= 0.6 is 0 Å². The zero-order valence-electron chi connectivity index (χ0n) is 11.1. The number of H-pyrrole nitrogens is 1. The molecular formula is C13H14N4O3. The van der Waals surface area contributed by atoms with Crippen LogP contribution < -0.4 is 11.3 Å². The molecular weight excluding hydrogens is 260 g/mol. The third-order valence-electron chi connectivity index (χ3n) is 2.87. The van der Waals surface area contributed by atoms with Crippen molar-refractivity contribution < 1.29 is 4.92 Å². The molecule has 0 radical (unpaired) electrons. The number of rotatable bonds is 3. The second-order valence-electron chi connectivity index (χ2n) is 5.02. The maximum atomic E-state index is 11.7. The van der Waals surface area contributed by atoms with Crippen molar-refractivity contribution in [3.05, 3.63) is 56.4 Å². The number of benzene rings is 1. The SMILES string of the molecule is CC(C)(N)c1cc(-c2ccc([N+](=O)[O-])cc2)n[nH]c1=O. The fourth-order valence-electron chi connectivity index (χ4n) is 1.79. The van der Waals surface area contributed by atoms with Gasteiger partial charge in [0.25, 0.3) is 11.2 Å². The molecule has 104 valence electrons. The molecule has 0 fully saturated rings. The van der Waals surface area contributed by atoms with Gasteiger partial charge in [0.1, 0.15) is 0 Å². The highest BCUT2D eigenvalue weighted by atomic mass is 16.6. The molecule has 2 rings (SSSR count). The van der Waals surface area contributed by atoms with Crippen LogP contribution in [0.4, 0.5) is 5.69 Å². The third-order valence-corrected chi connectivity index (χ3v) is 2.87. The van der Waals surface area contributed by atoms with E-state index in [4.69, 9.17) is 5.73 Å². The zero-order chi connectivity index (χ0) is 14.9. The Morgan fingerprint density at radius 3 is 2.40 bits per heavy atom. The van der Waals surface area contributed by atoms with Crippen LogP contribution in [0.1, 0.15) is 19.4 Å². The Balaban J connectivity index is 2.48. The molecule has 0 atom stereocenters. The van der Waals surface area contributed by atoms with E-state index in [1.165, 1.54) is 12.1 Å². The number of non-ortho nitro benzene ring substituents is 1. The van der Waals surface area contributed by atoms with Crippen molar-refractivity contribution in [2.75, 3.05) is 0 Å². The molecule has 0 saturated heterocycles. The summed E-state index contributed by atoms with van der Waals surface area (Å²) in [5, 5.41) is 16.9. The largest absolute Gasteiger partial charge is 0.322 e. The van der Waals surface area contributed by atoms with Crippen molar-refractivity contribution in [1.29, 1.82) is 0 Å². The Labute approximate surface area is 114 Å². The van der Waals surface area contributed by atoms with Gasteiger partial charge in [-0.05, 0) is 32.0 Å². The number of nitrogens with zero attached hydrogens (tertiary/aromatic N) is 2. The summed E-state index contributed by atoms with van der Waals surface area (Å²) in [4.78, 5) is 21.8. The van der Waals surface area contributed by atoms with Crippen molar-refractivity contribution in [1.82, 2.24) is 10.2 Å². The smallest absolute Gasteiger partial charge is 0.269 e. The minimum atomic E-state index is -0.800. The van der Waals surface area contributed by atoms with Crippen molar-refractivity contribution in [3.63, 3.8) is 0 Å². The highest BCUT2D eigenvalue weighted by Gasteiger charge is 2.19. The highest BCUT2D eigenvalue weighted by Crippen LogP contribution is 2.22. The summed E-state index contributed by atoms with van der Waals surface area (Å²) in [7, 11) is 0. The maximum absolute atomic E-state index is 11.7. The average molecular weight is 274 g/mol. The molecule has 0 aliphatic heterocycles. The molecule has 1 heterocycles. The Morgan fingerprint density at radius 1 is 1.30 bits per heavy atom. The summed E-state index contributed by atoms with van der Waals surface area (Å²) in [5.41, 5.74) is 6.36. The Hall–Kier alpha value is -2.54. The van der Waals surface area contributed by atoms with Crippen molar-refractivity contribution in [3.8, 4) is 11.3 Å². The number of hydrogen-bond acceptors (Lipinski definition) is 5. The van der Waals surface area contributed by atoms with Crippen LogP contribution in [0.15, 0.2) is 35.1 Å².